The Morgan fingerprint density at radius 3 is 2.17 bits per heavy atom. The van der Waals surface area contributed by atoms with Crippen LogP contribution in [0.2, 0.25) is 0 Å². The molecule has 3 aliphatic heterocycles. The average molecular weight is 497 g/mol. The van der Waals surface area contributed by atoms with Gasteiger partial charge >= 0.3 is 18.0 Å². The molecule has 182 valence electrons. The van der Waals surface area contributed by atoms with Crippen molar-refractivity contribution in [3.63, 3.8) is 0 Å². The third-order valence-electron chi connectivity index (χ3n) is 6.32. The minimum absolute atomic E-state index is 0.0693. The van der Waals surface area contributed by atoms with Crippen LogP contribution >= 0.6 is 11.8 Å². The Labute approximate surface area is 205 Å². The van der Waals surface area contributed by atoms with Crippen LogP contribution in [0.15, 0.2) is 60.7 Å². The molecule has 3 aliphatic rings. The van der Waals surface area contributed by atoms with E-state index in [0.29, 0.717) is 0 Å². The maximum atomic E-state index is 14.0. The first-order valence-electron chi connectivity index (χ1n) is 11.0. The molecule has 0 radical (unpaired) electrons. The molecule has 3 heterocycles. The quantitative estimate of drug-likeness (QED) is 0.391. The number of benzene rings is 2. The summed E-state index contributed by atoms with van der Waals surface area (Å²) in [5.41, 5.74) is 14.9. The Morgan fingerprint density at radius 1 is 1.03 bits per heavy atom. The van der Waals surface area contributed by atoms with Crippen LogP contribution in [0.1, 0.15) is 17.2 Å². The molecule has 5 amide bonds. The zero-order valence-electron chi connectivity index (χ0n) is 18.6. The number of nitrogens with zero attached hydrogens (tertiary/aromatic N) is 3. The lowest BCUT2D eigenvalue weighted by Crippen LogP contribution is -2.65. The second kappa shape index (κ2) is 8.78. The smallest absolute Gasteiger partial charge is 0.345 e. The third-order valence-corrected chi connectivity index (χ3v) is 8.02. The van der Waals surface area contributed by atoms with Crippen molar-refractivity contribution in [2.75, 3.05) is 19.6 Å². The number of β-lactam (4-membered cyclic amide) rings is 1. The fourth-order valence-electron chi connectivity index (χ4n) is 4.59. The zero-order chi connectivity index (χ0) is 24.7. The molecule has 3 saturated heterocycles. The summed E-state index contributed by atoms with van der Waals surface area (Å²) >= 11 is 1.12. The van der Waals surface area contributed by atoms with Crippen LogP contribution in [0.4, 0.5) is 9.59 Å². The number of amides is 5. The number of carbonyl (C=O) groups is 4. The maximum absolute atomic E-state index is 14.0. The number of urea groups is 2. The predicted octanol–water partition coefficient (Wildman–Crippen LogP) is 0.579. The lowest BCUT2D eigenvalue weighted by atomic mass is 10.0. The highest BCUT2D eigenvalue weighted by Gasteiger charge is 2.66. The normalized spacial score (nSPS) is 25.5. The highest BCUT2D eigenvalue weighted by Crippen LogP contribution is 2.50. The zero-order valence-corrected chi connectivity index (χ0v) is 19.4. The summed E-state index contributed by atoms with van der Waals surface area (Å²) in [5.74, 6) is -0.970. The van der Waals surface area contributed by atoms with Crippen LogP contribution in [-0.4, -0.2) is 74.7 Å². The van der Waals surface area contributed by atoms with Crippen LogP contribution in [0.25, 0.3) is 0 Å². The van der Waals surface area contributed by atoms with E-state index < -0.39 is 40.4 Å². The van der Waals surface area contributed by atoms with E-state index in [2.05, 4.69) is 5.43 Å². The van der Waals surface area contributed by atoms with Gasteiger partial charge in [0.2, 0.25) is 10.8 Å². The van der Waals surface area contributed by atoms with Crippen LogP contribution < -0.4 is 16.9 Å². The highest BCUT2D eigenvalue weighted by molar-refractivity contribution is 8.02. The number of thioether (sulfide) groups is 1. The van der Waals surface area contributed by atoms with E-state index in [1.54, 1.807) is 0 Å². The molecule has 2 aromatic rings. The molecule has 0 spiro atoms. The second-order valence-electron chi connectivity index (χ2n) is 8.45. The first kappa shape index (κ1) is 23.0. The van der Waals surface area contributed by atoms with Gasteiger partial charge in [-0.25, -0.2) is 24.8 Å². The van der Waals surface area contributed by atoms with Crippen molar-refractivity contribution in [1.29, 1.82) is 0 Å². The number of fused-ring (bicyclic) bond motifs is 1. The van der Waals surface area contributed by atoms with Gasteiger partial charge in [0, 0.05) is 6.54 Å². The van der Waals surface area contributed by atoms with Gasteiger partial charge in [0.25, 0.3) is 0 Å². The molecule has 3 fully saturated rings. The molecule has 0 aromatic heterocycles. The van der Waals surface area contributed by atoms with E-state index in [1.165, 1.54) is 9.80 Å². The van der Waals surface area contributed by atoms with Gasteiger partial charge in [-0.1, -0.05) is 72.4 Å². The molecule has 0 aliphatic carbocycles. The van der Waals surface area contributed by atoms with Gasteiger partial charge in [-0.3, -0.25) is 9.69 Å². The lowest BCUT2D eigenvalue weighted by Gasteiger charge is -2.38. The van der Waals surface area contributed by atoms with Crippen molar-refractivity contribution in [1.82, 2.24) is 20.2 Å². The summed E-state index contributed by atoms with van der Waals surface area (Å²) in [6.07, 6.45) is -0.738. The first-order chi connectivity index (χ1) is 16.8. The van der Waals surface area contributed by atoms with Crippen molar-refractivity contribution in [2.45, 2.75) is 22.4 Å². The van der Waals surface area contributed by atoms with Crippen LogP contribution in [0.3, 0.4) is 0 Å². The summed E-state index contributed by atoms with van der Waals surface area (Å²) in [7, 11) is 0. The standard InChI is InChI=1S/C23H24N6O5S/c24-16-18(30)27-13-23(35-19(16)27,28-11-12-29(22(28)33)26-21(25)32)20(31)34-17(14-7-3-1-4-8-14)15-9-5-2-6-10-15/h1-10,16-17,19H,11-13,24H2,(H3,25,26,32)/t16-,19-,23-/m1/s1. The SMILES string of the molecule is NC(=O)NN1CCN([C@]2(C(=O)OC(c3ccccc3)c3ccccc3)CN3C(=O)[C@@H](N)[C@H]3S2)C1=O. The summed E-state index contributed by atoms with van der Waals surface area (Å²) < 4.78 is 6.12. The van der Waals surface area contributed by atoms with Crippen molar-refractivity contribution < 1.29 is 23.9 Å². The lowest BCUT2D eigenvalue weighted by molar-refractivity contribution is -0.156. The van der Waals surface area contributed by atoms with E-state index in [0.717, 1.165) is 27.9 Å². The molecule has 3 atom stereocenters. The topological polar surface area (TPSA) is 151 Å². The van der Waals surface area contributed by atoms with Gasteiger partial charge in [0.05, 0.1) is 13.1 Å². The molecule has 12 heteroatoms. The molecular formula is C23H24N6O5S. The maximum Gasteiger partial charge on any atom is 0.345 e. The van der Waals surface area contributed by atoms with Gasteiger partial charge in [-0.15, -0.1) is 0 Å². The second-order valence-corrected chi connectivity index (χ2v) is 9.85. The van der Waals surface area contributed by atoms with Gasteiger partial charge in [-0.05, 0) is 11.1 Å². The van der Waals surface area contributed by atoms with Crippen molar-refractivity contribution in [3.8, 4) is 0 Å². The Hall–Kier alpha value is -3.77. The minimum Gasteiger partial charge on any atom is -0.450 e. The van der Waals surface area contributed by atoms with Crippen molar-refractivity contribution in [3.05, 3.63) is 71.8 Å². The van der Waals surface area contributed by atoms with E-state index in [4.69, 9.17) is 16.2 Å². The Morgan fingerprint density at radius 2 is 1.63 bits per heavy atom. The third kappa shape index (κ3) is 3.84. The Bertz CT molecular complexity index is 1130. The van der Waals surface area contributed by atoms with E-state index in [9.17, 15) is 19.2 Å². The molecule has 11 nitrogen and oxygen atoms in total. The number of carbonyl (C=O) groups excluding carboxylic acids is 4. The van der Waals surface area contributed by atoms with Crippen LogP contribution in [0, 0.1) is 0 Å². The Balaban J connectivity index is 1.49. The molecule has 0 saturated carbocycles. The Kier molecular flexibility index (Phi) is 5.77. The van der Waals surface area contributed by atoms with Crippen molar-refractivity contribution >= 4 is 35.7 Å². The highest BCUT2D eigenvalue weighted by atomic mass is 32.2. The molecule has 5 N–H and O–H groups in total. The molecule has 0 bridgehead atoms. The first-order valence-corrected chi connectivity index (χ1v) is 11.9. The number of ether oxygens (including phenoxy) is 1. The van der Waals surface area contributed by atoms with Crippen LogP contribution in [-0.2, 0) is 14.3 Å². The number of hydrogen-bond donors (Lipinski definition) is 3. The van der Waals surface area contributed by atoms with Crippen molar-refractivity contribution in [2.24, 2.45) is 11.5 Å². The van der Waals surface area contributed by atoms with E-state index in [1.807, 2.05) is 60.7 Å². The number of nitrogens with two attached hydrogens (primary N) is 2. The van der Waals surface area contributed by atoms with E-state index >= 15 is 0 Å². The number of esters is 1. The number of hydrazine groups is 1. The fraction of sp³-hybridized carbons (Fsp3) is 0.304. The number of hydrogen-bond acceptors (Lipinski definition) is 7. The molecule has 35 heavy (non-hydrogen) atoms. The summed E-state index contributed by atoms with van der Waals surface area (Å²) in [5, 5.41) is 0.578. The van der Waals surface area contributed by atoms with E-state index in [-0.39, 0.29) is 25.5 Å². The summed E-state index contributed by atoms with van der Waals surface area (Å²) in [6, 6.07) is 16.2. The minimum atomic E-state index is -1.54. The molecular weight excluding hydrogens is 472 g/mol. The number of primary amides is 1. The van der Waals surface area contributed by atoms with Gasteiger partial charge in [0.15, 0.2) is 6.10 Å². The average Bonchev–Trinajstić information content (AvgIpc) is 3.42. The van der Waals surface area contributed by atoms with Crippen LogP contribution in [0.5, 0.6) is 0 Å². The van der Waals surface area contributed by atoms with Gasteiger partial charge < -0.3 is 21.1 Å². The summed E-state index contributed by atoms with van der Waals surface area (Å²) in [4.78, 5) is 52.1. The molecule has 2 aromatic carbocycles. The molecule has 0 unspecified atom stereocenters. The van der Waals surface area contributed by atoms with Gasteiger partial charge in [-0.2, -0.15) is 0 Å². The number of nitrogens with one attached hydrogen (secondary N) is 1. The fourth-order valence-corrected chi connectivity index (χ4v) is 6.21. The molecule has 5 rings (SSSR count). The van der Waals surface area contributed by atoms with Gasteiger partial charge in [0.1, 0.15) is 11.4 Å². The monoisotopic (exact) mass is 496 g/mol. The summed E-state index contributed by atoms with van der Waals surface area (Å²) in [6.45, 7) is 0.162. The number of rotatable bonds is 6. The largest absolute Gasteiger partial charge is 0.450 e. The predicted molar refractivity (Wildman–Crippen MR) is 126 cm³/mol.